The Balaban J connectivity index is 0.000000301. The molecule has 3 heteroatoms. The van der Waals surface area contributed by atoms with Crippen LogP contribution in [0.2, 0.25) is 0 Å². The molecule has 37 heavy (non-hydrogen) atoms. The fourth-order valence-corrected chi connectivity index (χ4v) is 9.53. The standard InChI is InChI=1S/C27H46O.C7H6S2/c1-18(2)7-6-8-19(3)23-11-12-24-22-10-9-20-17-21(28)13-15-26(20,4)25(22)14-16-27(23,24)5;8-7(9)6-4-2-1-3-5-6/h9,18-19,21-25,28H,6-8,10-17H2,1-5H3;1-5H,(H,8,9)/t19-,21+,22+,23-,24+,25+,26+,27-;/m1./s1. The van der Waals surface area contributed by atoms with E-state index in [0.29, 0.717) is 15.0 Å². The van der Waals surface area contributed by atoms with Crippen molar-refractivity contribution in [1.82, 2.24) is 0 Å². The summed E-state index contributed by atoms with van der Waals surface area (Å²) < 4.78 is 0.649. The van der Waals surface area contributed by atoms with Crippen molar-refractivity contribution >= 4 is 29.0 Å². The zero-order chi connectivity index (χ0) is 26.8. The maximum Gasteiger partial charge on any atom is 0.0747 e. The second-order valence-electron chi connectivity index (χ2n) is 13.9. The Kier molecular flexibility index (Phi) is 9.72. The first-order valence-corrected chi connectivity index (χ1v) is 16.1. The topological polar surface area (TPSA) is 20.2 Å². The van der Waals surface area contributed by atoms with Crippen LogP contribution in [0.3, 0.4) is 0 Å². The highest BCUT2D eigenvalue weighted by Crippen LogP contribution is 2.67. The van der Waals surface area contributed by atoms with Gasteiger partial charge in [-0.05, 0) is 103 Å². The maximum absolute atomic E-state index is 10.2. The molecule has 0 saturated heterocycles. The lowest BCUT2D eigenvalue weighted by atomic mass is 9.47. The minimum Gasteiger partial charge on any atom is -0.393 e. The molecule has 0 aliphatic heterocycles. The summed E-state index contributed by atoms with van der Waals surface area (Å²) in [6.07, 6.45) is 17.2. The summed E-state index contributed by atoms with van der Waals surface area (Å²) in [5.74, 6) is 5.46. The highest BCUT2D eigenvalue weighted by molar-refractivity contribution is 8.11. The number of thiol groups is 1. The van der Waals surface area contributed by atoms with Gasteiger partial charge < -0.3 is 5.11 Å². The summed E-state index contributed by atoms with van der Waals surface area (Å²) in [6.45, 7) is 12.6. The third-order valence-corrected chi connectivity index (χ3v) is 11.8. The van der Waals surface area contributed by atoms with Gasteiger partial charge in [0.2, 0.25) is 0 Å². The van der Waals surface area contributed by atoms with Crippen molar-refractivity contribution in [2.45, 2.75) is 111 Å². The van der Waals surface area contributed by atoms with Gasteiger partial charge in [0.05, 0.1) is 10.3 Å². The quantitative estimate of drug-likeness (QED) is 0.213. The fourth-order valence-electron chi connectivity index (χ4n) is 9.25. The first kappa shape index (κ1) is 29.3. The number of fused-ring (bicyclic) bond motifs is 5. The van der Waals surface area contributed by atoms with Gasteiger partial charge in [-0.15, -0.1) is 12.6 Å². The predicted molar refractivity (Wildman–Crippen MR) is 166 cm³/mol. The monoisotopic (exact) mass is 540 g/mol. The Labute approximate surface area is 238 Å². The van der Waals surface area contributed by atoms with E-state index in [9.17, 15) is 5.11 Å². The molecular formula is C34H52OS2. The van der Waals surface area contributed by atoms with Crippen LogP contribution in [0, 0.1) is 46.3 Å². The first-order chi connectivity index (χ1) is 17.6. The number of benzene rings is 1. The zero-order valence-corrected chi connectivity index (χ0v) is 25.8. The van der Waals surface area contributed by atoms with Crippen molar-refractivity contribution in [3.8, 4) is 0 Å². The Morgan fingerprint density at radius 2 is 1.73 bits per heavy atom. The highest BCUT2D eigenvalue weighted by Gasteiger charge is 2.59. The molecule has 5 rings (SSSR count). The molecule has 3 fully saturated rings. The van der Waals surface area contributed by atoms with Crippen LogP contribution in [-0.2, 0) is 0 Å². The molecule has 3 saturated carbocycles. The molecule has 0 amide bonds. The third-order valence-electron chi connectivity index (χ3n) is 11.3. The normalized spacial score (nSPS) is 37.4. The number of thiocarbonyl (C=S) groups is 1. The zero-order valence-electron chi connectivity index (χ0n) is 24.1. The van der Waals surface area contributed by atoms with E-state index in [-0.39, 0.29) is 6.10 Å². The van der Waals surface area contributed by atoms with Crippen LogP contribution in [0.25, 0.3) is 0 Å². The average Bonchev–Trinajstić information content (AvgIpc) is 3.22. The van der Waals surface area contributed by atoms with Crippen molar-refractivity contribution in [1.29, 1.82) is 0 Å². The number of hydrogen-bond donors (Lipinski definition) is 2. The van der Waals surface area contributed by atoms with Gasteiger partial charge in [0, 0.05) is 0 Å². The van der Waals surface area contributed by atoms with Crippen LogP contribution >= 0.6 is 24.8 Å². The Bertz CT molecular complexity index is 938. The minimum absolute atomic E-state index is 0.0766. The van der Waals surface area contributed by atoms with Crippen LogP contribution in [0.4, 0.5) is 0 Å². The molecule has 0 unspecified atom stereocenters. The molecule has 206 valence electrons. The fraction of sp³-hybridized carbons (Fsp3) is 0.735. The number of aliphatic hydroxyl groups excluding tert-OH is 1. The largest absolute Gasteiger partial charge is 0.393 e. The van der Waals surface area contributed by atoms with E-state index in [1.54, 1.807) is 5.57 Å². The second kappa shape index (κ2) is 12.3. The van der Waals surface area contributed by atoms with Gasteiger partial charge >= 0.3 is 0 Å². The summed E-state index contributed by atoms with van der Waals surface area (Å²) in [7, 11) is 0. The number of aliphatic hydroxyl groups is 1. The summed E-state index contributed by atoms with van der Waals surface area (Å²) >= 11 is 8.85. The minimum atomic E-state index is -0.0766. The van der Waals surface area contributed by atoms with Crippen LogP contribution in [0.5, 0.6) is 0 Å². The Hall–Kier alpha value is -0.640. The molecule has 1 nitrogen and oxygen atoms in total. The summed E-state index contributed by atoms with van der Waals surface area (Å²) in [6, 6.07) is 9.72. The third kappa shape index (κ3) is 6.25. The van der Waals surface area contributed by atoms with Crippen LogP contribution < -0.4 is 0 Å². The molecule has 0 aromatic heterocycles. The van der Waals surface area contributed by atoms with Crippen molar-refractivity contribution in [3.63, 3.8) is 0 Å². The number of hydrogen-bond acceptors (Lipinski definition) is 2. The predicted octanol–water partition coefficient (Wildman–Crippen LogP) is 9.68. The van der Waals surface area contributed by atoms with Crippen molar-refractivity contribution in [2.24, 2.45) is 46.3 Å². The summed E-state index contributed by atoms with van der Waals surface area (Å²) in [4.78, 5) is 0. The second-order valence-corrected chi connectivity index (χ2v) is 15.0. The van der Waals surface area contributed by atoms with E-state index in [2.05, 4.69) is 53.3 Å². The van der Waals surface area contributed by atoms with E-state index in [0.717, 1.165) is 53.9 Å². The summed E-state index contributed by atoms with van der Waals surface area (Å²) in [5, 5.41) is 10.2. The van der Waals surface area contributed by atoms with E-state index in [1.807, 2.05) is 30.3 Å². The molecule has 0 heterocycles. The van der Waals surface area contributed by atoms with Crippen molar-refractivity contribution in [3.05, 3.63) is 47.5 Å². The highest BCUT2D eigenvalue weighted by atomic mass is 32.1. The van der Waals surface area contributed by atoms with Crippen LogP contribution in [-0.4, -0.2) is 15.4 Å². The van der Waals surface area contributed by atoms with E-state index in [1.165, 1.54) is 57.8 Å². The lowest BCUT2D eigenvalue weighted by molar-refractivity contribution is -0.0573. The smallest absolute Gasteiger partial charge is 0.0747 e. The molecule has 1 N–H and O–H groups in total. The van der Waals surface area contributed by atoms with Crippen LogP contribution in [0.1, 0.15) is 111 Å². The molecule has 1 aromatic rings. The van der Waals surface area contributed by atoms with E-state index < -0.39 is 0 Å². The number of allylic oxidation sites excluding steroid dienone is 1. The van der Waals surface area contributed by atoms with Gasteiger partial charge in [0.25, 0.3) is 0 Å². The van der Waals surface area contributed by atoms with Crippen LogP contribution in [0.15, 0.2) is 42.0 Å². The lowest BCUT2D eigenvalue weighted by Gasteiger charge is -2.58. The first-order valence-electron chi connectivity index (χ1n) is 15.2. The SMILES string of the molecule is CC(C)CCC[C@@H](C)[C@H]1CC[C@H]2[C@@H]3CC=C4C[C@@H](O)CC[C@]4(C)[C@H]3CC[C@]12C.S=C(S)c1ccccc1. The molecule has 0 bridgehead atoms. The van der Waals surface area contributed by atoms with Gasteiger partial charge in [0.1, 0.15) is 0 Å². The van der Waals surface area contributed by atoms with Crippen molar-refractivity contribution in [2.75, 3.05) is 0 Å². The average molecular weight is 541 g/mol. The van der Waals surface area contributed by atoms with Gasteiger partial charge in [-0.1, -0.05) is 108 Å². The molecule has 0 spiro atoms. The Morgan fingerprint density at radius 1 is 1.00 bits per heavy atom. The van der Waals surface area contributed by atoms with E-state index >= 15 is 0 Å². The molecule has 1 aromatic carbocycles. The molecule has 4 aliphatic carbocycles. The van der Waals surface area contributed by atoms with Gasteiger partial charge in [-0.3, -0.25) is 0 Å². The van der Waals surface area contributed by atoms with E-state index in [4.69, 9.17) is 12.2 Å². The molecule has 8 atom stereocenters. The molecule has 4 aliphatic rings. The summed E-state index contributed by atoms with van der Waals surface area (Å²) in [5.41, 5.74) is 3.61. The molecular weight excluding hydrogens is 489 g/mol. The van der Waals surface area contributed by atoms with Gasteiger partial charge in [0.15, 0.2) is 0 Å². The lowest BCUT2D eigenvalue weighted by Crippen LogP contribution is -2.50. The van der Waals surface area contributed by atoms with Crippen molar-refractivity contribution < 1.29 is 5.11 Å². The number of rotatable bonds is 6. The van der Waals surface area contributed by atoms with Gasteiger partial charge in [-0.25, -0.2) is 0 Å². The maximum atomic E-state index is 10.2. The Morgan fingerprint density at radius 3 is 2.38 bits per heavy atom. The molecule has 0 radical (unpaired) electrons. The van der Waals surface area contributed by atoms with Gasteiger partial charge in [-0.2, -0.15) is 0 Å².